The van der Waals surface area contributed by atoms with Crippen LogP contribution in [0.3, 0.4) is 0 Å². The second-order valence-electron chi connectivity index (χ2n) is 7.00. The highest BCUT2D eigenvalue weighted by Gasteiger charge is 2.24. The summed E-state index contributed by atoms with van der Waals surface area (Å²) in [6.07, 6.45) is 1.78. The molecule has 5 rings (SSSR count). The minimum absolute atomic E-state index is 0.159. The summed E-state index contributed by atoms with van der Waals surface area (Å²) >= 11 is 1.63. The third kappa shape index (κ3) is 3.36. The predicted octanol–water partition coefficient (Wildman–Crippen LogP) is 4.66. The number of nitrogens with one attached hydrogen (secondary N) is 1. The molecule has 0 atom stereocenters. The normalized spacial score (nSPS) is 13.5. The van der Waals surface area contributed by atoms with Gasteiger partial charge >= 0.3 is 6.03 Å². The lowest BCUT2D eigenvalue weighted by Crippen LogP contribution is -2.41. The van der Waals surface area contributed by atoms with Gasteiger partial charge in [-0.25, -0.2) is 14.2 Å². The van der Waals surface area contributed by atoms with Crippen LogP contribution in [0.25, 0.3) is 21.3 Å². The average Bonchev–Trinajstić information content (AvgIpc) is 3.30. The van der Waals surface area contributed by atoms with Crippen molar-refractivity contribution in [3.63, 3.8) is 0 Å². The molecule has 8 heteroatoms. The molecule has 2 aromatic heterocycles. The number of nitrogens with zero attached hydrogens (tertiary/aromatic N) is 4. The van der Waals surface area contributed by atoms with E-state index in [0.717, 1.165) is 37.7 Å². The van der Waals surface area contributed by atoms with Gasteiger partial charge in [-0.3, -0.25) is 4.68 Å². The number of benzene rings is 2. The van der Waals surface area contributed by atoms with Gasteiger partial charge < -0.3 is 10.2 Å². The molecule has 0 saturated heterocycles. The zero-order chi connectivity index (χ0) is 20.0. The van der Waals surface area contributed by atoms with Crippen LogP contribution in [-0.4, -0.2) is 32.2 Å². The number of carbonyl (C=O) groups is 1. The summed E-state index contributed by atoms with van der Waals surface area (Å²) in [5.74, 6) is -0.275. The molecule has 0 saturated carbocycles. The van der Waals surface area contributed by atoms with Gasteiger partial charge in [0.15, 0.2) is 0 Å². The molecule has 0 aliphatic carbocycles. The first kappa shape index (κ1) is 17.8. The predicted molar refractivity (Wildman–Crippen MR) is 111 cm³/mol. The van der Waals surface area contributed by atoms with E-state index in [4.69, 9.17) is 0 Å². The molecule has 0 bridgehead atoms. The van der Waals surface area contributed by atoms with Crippen molar-refractivity contribution >= 4 is 33.3 Å². The number of thiazole rings is 1. The number of aryl methyl sites for hydroxylation is 1. The number of halogens is 1. The highest BCUT2D eigenvalue weighted by molar-refractivity contribution is 7.18. The van der Waals surface area contributed by atoms with Gasteiger partial charge in [-0.1, -0.05) is 12.1 Å². The number of rotatable bonds is 2. The van der Waals surface area contributed by atoms with Crippen molar-refractivity contribution in [3.05, 3.63) is 65.2 Å². The average molecular weight is 407 g/mol. The summed E-state index contributed by atoms with van der Waals surface area (Å²) in [6, 6.07) is 12.0. The van der Waals surface area contributed by atoms with E-state index in [9.17, 15) is 9.18 Å². The molecule has 1 aliphatic heterocycles. The summed E-state index contributed by atoms with van der Waals surface area (Å²) in [5.41, 5.74) is 4.37. The molecule has 4 aromatic rings. The van der Waals surface area contributed by atoms with Crippen molar-refractivity contribution in [1.82, 2.24) is 19.7 Å². The molecule has 2 amide bonds. The van der Waals surface area contributed by atoms with Crippen LogP contribution in [0.15, 0.2) is 48.7 Å². The minimum Gasteiger partial charge on any atom is -0.317 e. The van der Waals surface area contributed by atoms with Crippen LogP contribution in [0.5, 0.6) is 0 Å². The first-order valence-electron chi connectivity index (χ1n) is 9.30. The molecule has 6 nitrogen and oxygen atoms in total. The Labute approximate surface area is 170 Å². The Kier molecular flexibility index (Phi) is 4.28. The highest BCUT2D eigenvalue weighted by Crippen LogP contribution is 2.28. The highest BCUT2D eigenvalue weighted by atomic mass is 32.1. The van der Waals surface area contributed by atoms with Gasteiger partial charge in [0.1, 0.15) is 5.82 Å². The summed E-state index contributed by atoms with van der Waals surface area (Å²) in [5, 5.41) is 8.40. The number of carbonyl (C=O) groups excluding carboxylic acids is 1. The molecule has 3 heterocycles. The fraction of sp³-hybridized carbons (Fsp3) is 0.190. The van der Waals surface area contributed by atoms with Crippen molar-refractivity contribution < 1.29 is 9.18 Å². The number of urea groups is 1. The lowest BCUT2D eigenvalue weighted by molar-refractivity contribution is 0.194. The van der Waals surface area contributed by atoms with Crippen molar-refractivity contribution in [2.24, 2.45) is 0 Å². The Hall–Kier alpha value is -3.26. The fourth-order valence-corrected chi connectivity index (χ4v) is 4.42. The van der Waals surface area contributed by atoms with Gasteiger partial charge in [-0.2, -0.15) is 5.10 Å². The summed E-state index contributed by atoms with van der Waals surface area (Å²) in [7, 11) is 0. The van der Waals surface area contributed by atoms with Gasteiger partial charge in [0, 0.05) is 17.8 Å². The zero-order valence-corrected chi connectivity index (χ0v) is 16.5. The van der Waals surface area contributed by atoms with E-state index in [1.165, 1.54) is 12.1 Å². The maximum absolute atomic E-state index is 13.3. The molecule has 1 N–H and O–H groups in total. The maximum Gasteiger partial charge on any atom is 0.322 e. The maximum atomic E-state index is 13.3. The molecule has 2 aromatic carbocycles. The zero-order valence-electron chi connectivity index (χ0n) is 15.7. The molecular weight excluding hydrogens is 389 g/mol. The van der Waals surface area contributed by atoms with E-state index in [0.29, 0.717) is 19.6 Å². The lowest BCUT2D eigenvalue weighted by atomic mass is 10.1. The third-order valence-electron chi connectivity index (χ3n) is 5.06. The molecule has 0 radical (unpaired) electrons. The number of anilines is 1. The van der Waals surface area contributed by atoms with E-state index in [2.05, 4.69) is 15.4 Å². The topological polar surface area (TPSA) is 63.1 Å². The second kappa shape index (κ2) is 6.97. The lowest BCUT2D eigenvalue weighted by Gasteiger charge is -2.28. The fourth-order valence-electron chi connectivity index (χ4n) is 3.61. The second-order valence-corrected chi connectivity index (χ2v) is 8.24. The van der Waals surface area contributed by atoms with E-state index in [1.807, 2.05) is 29.8 Å². The smallest absolute Gasteiger partial charge is 0.317 e. The van der Waals surface area contributed by atoms with E-state index in [1.54, 1.807) is 34.6 Å². The van der Waals surface area contributed by atoms with Gasteiger partial charge in [0.25, 0.3) is 0 Å². The third-order valence-corrected chi connectivity index (χ3v) is 6.01. The van der Waals surface area contributed by atoms with Crippen molar-refractivity contribution in [3.8, 4) is 11.1 Å². The van der Waals surface area contributed by atoms with Crippen LogP contribution in [0.1, 0.15) is 10.7 Å². The van der Waals surface area contributed by atoms with Crippen molar-refractivity contribution in [2.45, 2.75) is 20.0 Å². The van der Waals surface area contributed by atoms with E-state index in [-0.39, 0.29) is 11.8 Å². The Morgan fingerprint density at radius 2 is 2.00 bits per heavy atom. The number of fused-ring (bicyclic) bond motifs is 2. The molecule has 29 heavy (non-hydrogen) atoms. The molecule has 1 aliphatic rings. The molecule has 0 fully saturated rings. The van der Waals surface area contributed by atoms with Gasteiger partial charge in [0.05, 0.1) is 40.2 Å². The molecule has 146 valence electrons. The number of amides is 2. The summed E-state index contributed by atoms with van der Waals surface area (Å²) in [4.78, 5) is 19.1. The summed E-state index contributed by atoms with van der Waals surface area (Å²) in [6.45, 7) is 3.60. The monoisotopic (exact) mass is 407 g/mol. The van der Waals surface area contributed by atoms with Crippen molar-refractivity contribution in [1.29, 1.82) is 0 Å². The van der Waals surface area contributed by atoms with Gasteiger partial charge in [-0.05, 0) is 42.8 Å². The van der Waals surface area contributed by atoms with Crippen LogP contribution >= 0.6 is 11.3 Å². The quantitative estimate of drug-likeness (QED) is 0.526. The summed E-state index contributed by atoms with van der Waals surface area (Å²) < 4.78 is 16.3. The van der Waals surface area contributed by atoms with Crippen LogP contribution < -0.4 is 5.32 Å². The molecular formula is C21H18FN5OS. The minimum atomic E-state index is -0.275. The van der Waals surface area contributed by atoms with Crippen LogP contribution in [-0.2, 0) is 13.1 Å². The number of aromatic nitrogens is 3. The Bertz CT molecular complexity index is 1210. The Morgan fingerprint density at radius 3 is 2.83 bits per heavy atom. The van der Waals surface area contributed by atoms with Crippen molar-refractivity contribution in [2.75, 3.05) is 11.9 Å². The Balaban J connectivity index is 1.36. The van der Waals surface area contributed by atoms with E-state index >= 15 is 0 Å². The first-order chi connectivity index (χ1) is 14.1. The molecule has 0 unspecified atom stereocenters. The largest absolute Gasteiger partial charge is 0.322 e. The standard InChI is InChI=1S/C21H18FN5OS/c1-13-24-18-10-16(6-7-20(18)29-13)25-21(28)26-8-9-27-19(12-26)17(11-23-27)14-2-4-15(22)5-3-14/h2-7,10-11H,8-9,12H2,1H3,(H,25,28). The number of hydrogen-bond acceptors (Lipinski definition) is 4. The first-order valence-corrected chi connectivity index (χ1v) is 10.1. The number of hydrogen-bond donors (Lipinski definition) is 1. The molecule has 0 spiro atoms. The van der Waals surface area contributed by atoms with Crippen LogP contribution in [0, 0.1) is 12.7 Å². The Morgan fingerprint density at radius 1 is 1.17 bits per heavy atom. The van der Waals surface area contributed by atoms with Gasteiger partial charge in [-0.15, -0.1) is 11.3 Å². The van der Waals surface area contributed by atoms with Crippen LogP contribution in [0.2, 0.25) is 0 Å². The van der Waals surface area contributed by atoms with E-state index < -0.39 is 0 Å². The van der Waals surface area contributed by atoms with Crippen LogP contribution in [0.4, 0.5) is 14.9 Å². The van der Waals surface area contributed by atoms with Gasteiger partial charge in [0.2, 0.25) is 0 Å². The SMILES string of the molecule is Cc1nc2cc(NC(=O)N3CCn4ncc(-c5ccc(F)cc5)c4C3)ccc2s1.